The Morgan fingerprint density at radius 1 is 1.90 bits per heavy atom. The predicted octanol–water partition coefficient (Wildman–Crippen LogP) is -1.46. The monoisotopic (exact) mass is 144 g/mol. The fourth-order valence-electron chi connectivity index (χ4n) is 1.10. The van der Waals surface area contributed by atoms with E-state index in [9.17, 15) is 4.79 Å². The van der Waals surface area contributed by atoms with Crippen LogP contribution in [0.3, 0.4) is 0 Å². The Hall–Kier alpha value is -0.610. The third-order valence-corrected chi connectivity index (χ3v) is 1.95. The summed E-state index contributed by atoms with van der Waals surface area (Å²) in [6.07, 6.45) is 0.554. The molecule has 1 saturated heterocycles. The molecule has 0 bridgehead atoms. The molecule has 3 N–H and O–H groups in total. The van der Waals surface area contributed by atoms with E-state index in [1.54, 1.807) is 7.05 Å². The summed E-state index contributed by atoms with van der Waals surface area (Å²) in [5.74, 6) is -0.157. The molecule has 1 amide bonds. The highest BCUT2D eigenvalue weighted by Gasteiger charge is 2.41. The largest absolute Gasteiger partial charge is 0.394 e. The van der Waals surface area contributed by atoms with E-state index in [-0.39, 0.29) is 12.5 Å². The molecule has 1 aliphatic rings. The Labute approximate surface area is 59.6 Å². The van der Waals surface area contributed by atoms with E-state index < -0.39 is 5.54 Å². The zero-order valence-corrected chi connectivity index (χ0v) is 6.00. The first kappa shape index (κ1) is 7.50. The Morgan fingerprint density at radius 3 is 2.70 bits per heavy atom. The van der Waals surface area contributed by atoms with Crippen molar-refractivity contribution in [3.05, 3.63) is 0 Å². The van der Waals surface area contributed by atoms with Crippen molar-refractivity contribution in [1.82, 2.24) is 4.90 Å². The molecule has 1 heterocycles. The van der Waals surface area contributed by atoms with Crippen molar-refractivity contribution in [2.75, 3.05) is 20.2 Å². The van der Waals surface area contributed by atoms with Crippen molar-refractivity contribution in [1.29, 1.82) is 0 Å². The van der Waals surface area contributed by atoms with Gasteiger partial charge in [-0.2, -0.15) is 0 Å². The number of aliphatic hydroxyl groups excluding tert-OH is 1. The fraction of sp³-hybridized carbons (Fsp3) is 0.833. The number of likely N-dealkylation sites (N-methyl/N-ethyl adjacent to an activating group) is 1. The second-order valence-electron chi connectivity index (χ2n) is 2.79. The minimum absolute atomic E-state index is 0.157. The van der Waals surface area contributed by atoms with Gasteiger partial charge in [0, 0.05) is 13.6 Å². The van der Waals surface area contributed by atoms with Crippen LogP contribution in [0.1, 0.15) is 6.42 Å². The summed E-state index contributed by atoms with van der Waals surface area (Å²) in [7, 11) is 1.69. The average molecular weight is 144 g/mol. The Kier molecular flexibility index (Phi) is 1.66. The minimum Gasteiger partial charge on any atom is -0.394 e. The molecule has 0 aliphatic carbocycles. The van der Waals surface area contributed by atoms with Crippen LogP contribution in [-0.2, 0) is 4.79 Å². The molecule has 1 rings (SSSR count). The highest BCUT2D eigenvalue weighted by Crippen LogP contribution is 2.17. The number of nitrogens with two attached hydrogens (primary N) is 1. The van der Waals surface area contributed by atoms with Crippen molar-refractivity contribution in [3.8, 4) is 0 Å². The Bertz CT molecular complexity index is 160. The molecule has 0 aromatic rings. The second kappa shape index (κ2) is 2.21. The van der Waals surface area contributed by atoms with E-state index in [2.05, 4.69) is 0 Å². The normalized spacial score (nSPS) is 33.5. The molecule has 4 nitrogen and oxygen atoms in total. The summed E-state index contributed by atoms with van der Waals surface area (Å²) < 4.78 is 0. The molecular formula is C6H12N2O2. The molecule has 1 unspecified atom stereocenters. The molecule has 58 valence electrons. The minimum atomic E-state index is -0.991. The smallest absolute Gasteiger partial charge is 0.244 e. The molecule has 0 saturated carbocycles. The van der Waals surface area contributed by atoms with Gasteiger partial charge in [0.25, 0.3) is 0 Å². The Balaban J connectivity index is 2.73. The number of aliphatic hydroxyl groups is 1. The lowest BCUT2D eigenvalue weighted by atomic mass is 10.0. The highest BCUT2D eigenvalue weighted by atomic mass is 16.3. The standard InChI is InChI=1S/C6H12N2O2/c1-8-3-2-6(7,4-9)5(8)10/h9H,2-4,7H2,1H3. The van der Waals surface area contributed by atoms with Crippen molar-refractivity contribution >= 4 is 5.91 Å². The zero-order chi connectivity index (χ0) is 7.78. The van der Waals surface area contributed by atoms with Gasteiger partial charge in [0.05, 0.1) is 6.61 Å². The van der Waals surface area contributed by atoms with E-state index in [0.29, 0.717) is 13.0 Å². The molecule has 0 aromatic carbocycles. The summed E-state index contributed by atoms with van der Waals surface area (Å²) in [6.45, 7) is 0.395. The van der Waals surface area contributed by atoms with Gasteiger partial charge >= 0.3 is 0 Å². The molecule has 0 spiro atoms. The van der Waals surface area contributed by atoms with E-state index in [1.807, 2.05) is 0 Å². The number of carbonyl (C=O) groups is 1. The van der Waals surface area contributed by atoms with Gasteiger partial charge in [-0.05, 0) is 6.42 Å². The number of hydrogen-bond acceptors (Lipinski definition) is 3. The maximum atomic E-state index is 11.1. The fourth-order valence-corrected chi connectivity index (χ4v) is 1.10. The topological polar surface area (TPSA) is 66.6 Å². The molecular weight excluding hydrogens is 132 g/mol. The van der Waals surface area contributed by atoms with Crippen molar-refractivity contribution in [2.45, 2.75) is 12.0 Å². The van der Waals surface area contributed by atoms with Crippen LogP contribution in [0.15, 0.2) is 0 Å². The first-order valence-electron chi connectivity index (χ1n) is 3.25. The summed E-state index contributed by atoms with van der Waals surface area (Å²) >= 11 is 0. The van der Waals surface area contributed by atoms with Crippen LogP contribution in [0, 0.1) is 0 Å². The lowest BCUT2D eigenvalue weighted by Crippen LogP contribution is -2.50. The molecule has 1 aliphatic heterocycles. The highest BCUT2D eigenvalue weighted by molar-refractivity contribution is 5.88. The summed E-state index contributed by atoms with van der Waals surface area (Å²) in [5, 5.41) is 8.74. The quantitative estimate of drug-likeness (QED) is 0.472. The number of amides is 1. The molecule has 1 fully saturated rings. The van der Waals surface area contributed by atoms with Gasteiger partial charge in [-0.25, -0.2) is 0 Å². The SMILES string of the molecule is CN1CCC(N)(CO)C1=O. The predicted molar refractivity (Wildman–Crippen MR) is 36.3 cm³/mol. The van der Waals surface area contributed by atoms with Gasteiger partial charge in [-0.1, -0.05) is 0 Å². The van der Waals surface area contributed by atoms with Crippen LogP contribution in [0.5, 0.6) is 0 Å². The summed E-state index contributed by atoms with van der Waals surface area (Å²) in [5.41, 5.74) is 4.56. The third kappa shape index (κ3) is 0.892. The molecule has 1 atom stereocenters. The lowest BCUT2D eigenvalue weighted by molar-refractivity contribution is -0.132. The van der Waals surface area contributed by atoms with E-state index in [1.165, 1.54) is 4.90 Å². The van der Waals surface area contributed by atoms with Crippen molar-refractivity contribution < 1.29 is 9.90 Å². The van der Waals surface area contributed by atoms with Gasteiger partial charge in [-0.3, -0.25) is 4.79 Å². The molecule has 10 heavy (non-hydrogen) atoms. The van der Waals surface area contributed by atoms with Crippen LogP contribution >= 0.6 is 0 Å². The van der Waals surface area contributed by atoms with E-state index in [0.717, 1.165) is 0 Å². The summed E-state index contributed by atoms with van der Waals surface area (Å²) in [6, 6.07) is 0. The number of nitrogens with zero attached hydrogens (tertiary/aromatic N) is 1. The third-order valence-electron chi connectivity index (χ3n) is 1.95. The maximum absolute atomic E-state index is 11.1. The lowest BCUT2D eigenvalue weighted by Gasteiger charge is -2.17. The first-order chi connectivity index (χ1) is 4.60. The van der Waals surface area contributed by atoms with Crippen molar-refractivity contribution in [3.63, 3.8) is 0 Å². The maximum Gasteiger partial charge on any atom is 0.244 e. The van der Waals surface area contributed by atoms with Crippen LogP contribution in [-0.4, -0.2) is 41.7 Å². The van der Waals surface area contributed by atoms with Crippen molar-refractivity contribution in [2.24, 2.45) is 5.73 Å². The average Bonchev–Trinajstić information content (AvgIpc) is 2.19. The molecule has 0 aromatic heterocycles. The van der Waals surface area contributed by atoms with Gasteiger partial charge in [-0.15, -0.1) is 0 Å². The van der Waals surface area contributed by atoms with Gasteiger partial charge in [0.2, 0.25) is 5.91 Å². The number of hydrogen-bond donors (Lipinski definition) is 2. The van der Waals surface area contributed by atoms with Gasteiger partial charge < -0.3 is 15.7 Å². The summed E-state index contributed by atoms with van der Waals surface area (Å²) in [4.78, 5) is 12.6. The van der Waals surface area contributed by atoms with E-state index in [4.69, 9.17) is 10.8 Å². The Morgan fingerprint density at radius 2 is 2.50 bits per heavy atom. The zero-order valence-electron chi connectivity index (χ0n) is 6.00. The van der Waals surface area contributed by atoms with Crippen LogP contribution in [0.4, 0.5) is 0 Å². The first-order valence-corrected chi connectivity index (χ1v) is 3.25. The number of likely N-dealkylation sites (tertiary alicyclic amines) is 1. The number of carbonyl (C=O) groups excluding carboxylic acids is 1. The van der Waals surface area contributed by atoms with Crippen LogP contribution in [0.25, 0.3) is 0 Å². The van der Waals surface area contributed by atoms with Crippen LogP contribution < -0.4 is 5.73 Å². The van der Waals surface area contributed by atoms with E-state index >= 15 is 0 Å². The van der Waals surface area contributed by atoms with Gasteiger partial charge in [0.1, 0.15) is 5.54 Å². The van der Waals surface area contributed by atoms with Gasteiger partial charge in [0.15, 0.2) is 0 Å². The number of rotatable bonds is 1. The van der Waals surface area contributed by atoms with Crippen LogP contribution in [0.2, 0.25) is 0 Å². The molecule has 0 radical (unpaired) electrons. The second-order valence-corrected chi connectivity index (χ2v) is 2.79. The molecule has 4 heteroatoms.